The zero-order valence-corrected chi connectivity index (χ0v) is 20.3. The predicted octanol–water partition coefficient (Wildman–Crippen LogP) is 4.14. The van der Waals surface area contributed by atoms with Crippen LogP contribution in [0.3, 0.4) is 0 Å². The topological polar surface area (TPSA) is 70.7 Å². The molecule has 1 aliphatic heterocycles. The number of benzene rings is 2. The maximum atomic E-state index is 12.8. The Bertz CT molecular complexity index is 909. The number of methoxy groups -OCH3 is 1. The molecule has 6 nitrogen and oxygen atoms in total. The van der Waals surface area contributed by atoms with Crippen LogP contribution in [0.1, 0.15) is 61.5 Å². The third-order valence-electron chi connectivity index (χ3n) is 6.40. The lowest BCUT2D eigenvalue weighted by Crippen LogP contribution is -2.49. The first kappa shape index (κ1) is 24.8. The second-order valence-corrected chi connectivity index (χ2v) is 9.27. The first-order valence-corrected chi connectivity index (χ1v) is 11.9. The number of likely N-dealkylation sites (tertiary alicyclic amines) is 1. The van der Waals surface area contributed by atoms with Crippen LogP contribution in [-0.2, 0) is 17.9 Å². The van der Waals surface area contributed by atoms with Gasteiger partial charge in [-0.25, -0.2) is 0 Å². The molecule has 6 heteroatoms. The molecule has 0 saturated carbocycles. The van der Waals surface area contributed by atoms with Crippen molar-refractivity contribution in [1.29, 1.82) is 0 Å². The van der Waals surface area contributed by atoms with Crippen molar-refractivity contribution in [2.24, 2.45) is 5.92 Å². The molecule has 2 amide bonds. The number of rotatable bonds is 9. The summed E-state index contributed by atoms with van der Waals surface area (Å²) in [7, 11) is 1.58. The average molecular weight is 452 g/mol. The molecule has 0 bridgehead atoms. The summed E-state index contributed by atoms with van der Waals surface area (Å²) in [4.78, 5) is 28.0. The zero-order chi connectivity index (χ0) is 23.8. The smallest absolute Gasteiger partial charge is 0.251 e. The van der Waals surface area contributed by atoms with Gasteiger partial charge in [-0.05, 0) is 67.6 Å². The highest BCUT2D eigenvalue weighted by atomic mass is 16.5. The molecule has 2 atom stereocenters. The standard InChI is InChI=1S/C27H37N3O3/c1-19(2)25(29-26(31)23-12-14-24(33-4)15-13-23)27(32)28-17-21-8-10-22(11-9-21)18-30-16-6-5-7-20(30)3/h8-15,19-20,25H,5-7,16-18H2,1-4H3,(H,28,32)(H,29,31). The summed E-state index contributed by atoms with van der Waals surface area (Å²) in [5, 5.41) is 5.85. The Morgan fingerprint density at radius 1 is 1.03 bits per heavy atom. The van der Waals surface area contributed by atoms with Gasteiger partial charge in [0.2, 0.25) is 5.91 Å². The fourth-order valence-corrected chi connectivity index (χ4v) is 4.19. The van der Waals surface area contributed by atoms with Crippen molar-refractivity contribution in [2.75, 3.05) is 13.7 Å². The van der Waals surface area contributed by atoms with Gasteiger partial charge in [-0.1, -0.05) is 44.5 Å². The SMILES string of the molecule is COc1ccc(C(=O)NC(C(=O)NCc2ccc(CN3CCCCC3C)cc2)C(C)C)cc1. The third-order valence-corrected chi connectivity index (χ3v) is 6.40. The number of nitrogens with one attached hydrogen (secondary N) is 2. The molecular formula is C27H37N3O3. The fourth-order valence-electron chi connectivity index (χ4n) is 4.19. The Morgan fingerprint density at radius 2 is 1.70 bits per heavy atom. The Hall–Kier alpha value is -2.86. The van der Waals surface area contributed by atoms with Crippen LogP contribution in [0.15, 0.2) is 48.5 Å². The largest absolute Gasteiger partial charge is 0.497 e. The average Bonchev–Trinajstić information content (AvgIpc) is 2.83. The summed E-state index contributed by atoms with van der Waals surface area (Å²) < 4.78 is 5.13. The molecule has 1 aliphatic rings. The Morgan fingerprint density at radius 3 is 2.30 bits per heavy atom. The highest BCUT2D eigenvalue weighted by Gasteiger charge is 2.24. The number of ether oxygens (including phenoxy) is 1. The number of piperidine rings is 1. The van der Waals surface area contributed by atoms with Gasteiger partial charge >= 0.3 is 0 Å². The number of hydrogen-bond acceptors (Lipinski definition) is 4. The van der Waals surface area contributed by atoms with Crippen LogP contribution in [0, 0.1) is 5.92 Å². The quantitative estimate of drug-likeness (QED) is 0.601. The van der Waals surface area contributed by atoms with Crippen LogP contribution in [0.25, 0.3) is 0 Å². The van der Waals surface area contributed by atoms with E-state index in [1.54, 1.807) is 31.4 Å². The van der Waals surface area contributed by atoms with E-state index in [0.29, 0.717) is 23.9 Å². The molecule has 3 rings (SSSR count). The number of hydrogen-bond donors (Lipinski definition) is 2. The molecule has 0 radical (unpaired) electrons. The van der Waals surface area contributed by atoms with Crippen molar-refractivity contribution >= 4 is 11.8 Å². The maximum Gasteiger partial charge on any atom is 0.251 e. The van der Waals surface area contributed by atoms with Gasteiger partial charge in [0.15, 0.2) is 0 Å². The van der Waals surface area contributed by atoms with Gasteiger partial charge in [-0.3, -0.25) is 14.5 Å². The Balaban J connectivity index is 1.53. The minimum absolute atomic E-state index is 0.0406. The van der Waals surface area contributed by atoms with Crippen molar-refractivity contribution in [1.82, 2.24) is 15.5 Å². The summed E-state index contributed by atoms with van der Waals surface area (Å²) in [6.45, 7) is 8.73. The normalized spacial score (nSPS) is 17.4. The zero-order valence-electron chi connectivity index (χ0n) is 20.3. The van der Waals surface area contributed by atoms with Crippen molar-refractivity contribution in [2.45, 2.75) is 65.2 Å². The molecule has 0 aliphatic carbocycles. The monoisotopic (exact) mass is 451 g/mol. The van der Waals surface area contributed by atoms with Crippen molar-refractivity contribution in [3.63, 3.8) is 0 Å². The molecule has 0 aromatic heterocycles. The first-order valence-electron chi connectivity index (χ1n) is 11.9. The molecule has 2 aromatic rings. The summed E-state index contributed by atoms with van der Waals surface area (Å²) in [5.74, 6) is 0.183. The lowest BCUT2D eigenvalue weighted by molar-refractivity contribution is -0.124. The van der Waals surface area contributed by atoms with E-state index in [1.807, 2.05) is 13.8 Å². The molecule has 2 unspecified atom stereocenters. The highest BCUT2D eigenvalue weighted by molar-refractivity contribution is 5.97. The van der Waals surface area contributed by atoms with E-state index in [0.717, 1.165) is 18.7 Å². The van der Waals surface area contributed by atoms with Crippen LogP contribution < -0.4 is 15.4 Å². The number of nitrogens with zero attached hydrogens (tertiary/aromatic N) is 1. The van der Waals surface area contributed by atoms with Gasteiger partial charge in [0.25, 0.3) is 5.91 Å². The highest BCUT2D eigenvalue weighted by Crippen LogP contribution is 2.19. The van der Waals surface area contributed by atoms with E-state index in [2.05, 4.69) is 46.7 Å². The first-order chi connectivity index (χ1) is 15.9. The third kappa shape index (κ3) is 7.06. The molecule has 33 heavy (non-hydrogen) atoms. The maximum absolute atomic E-state index is 12.8. The van der Waals surface area contributed by atoms with Gasteiger partial charge < -0.3 is 15.4 Å². The summed E-state index contributed by atoms with van der Waals surface area (Å²) >= 11 is 0. The van der Waals surface area contributed by atoms with Gasteiger partial charge in [-0.15, -0.1) is 0 Å². The van der Waals surface area contributed by atoms with Crippen molar-refractivity contribution in [3.05, 3.63) is 65.2 Å². The molecular weight excluding hydrogens is 414 g/mol. The van der Waals surface area contributed by atoms with Crippen LogP contribution >= 0.6 is 0 Å². The predicted molar refractivity (Wildman–Crippen MR) is 131 cm³/mol. The minimum atomic E-state index is -0.612. The second-order valence-electron chi connectivity index (χ2n) is 9.27. The van der Waals surface area contributed by atoms with Crippen LogP contribution in [0.4, 0.5) is 0 Å². The Labute approximate surface area is 197 Å². The van der Waals surface area contributed by atoms with Crippen molar-refractivity contribution in [3.8, 4) is 5.75 Å². The van der Waals surface area contributed by atoms with Gasteiger partial charge in [0, 0.05) is 24.7 Å². The van der Waals surface area contributed by atoms with Crippen LogP contribution in [0.2, 0.25) is 0 Å². The molecule has 1 fully saturated rings. The summed E-state index contributed by atoms with van der Waals surface area (Å²) in [5.41, 5.74) is 2.83. The van der Waals surface area contributed by atoms with E-state index < -0.39 is 6.04 Å². The van der Waals surface area contributed by atoms with E-state index in [1.165, 1.54) is 24.8 Å². The van der Waals surface area contributed by atoms with E-state index in [9.17, 15) is 9.59 Å². The van der Waals surface area contributed by atoms with Crippen LogP contribution in [-0.4, -0.2) is 42.5 Å². The second kappa shape index (κ2) is 11.8. The molecule has 1 saturated heterocycles. The molecule has 0 spiro atoms. The summed E-state index contributed by atoms with van der Waals surface area (Å²) in [6, 6.07) is 15.3. The van der Waals surface area contributed by atoms with E-state index in [4.69, 9.17) is 4.74 Å². The molecule has 1 heterocycles. The number of amides is 2. The lowest BCUT2D eigenvalue weighted by atomic mass is 10.0. The number of carbonyl (C=O) groups is 2. The van der Waals surface area contributed by atoms with Gasteiger partial charge in [0.05, 0.1) is 7.11 Å². The van der Waals surface area contributed by atoms with Gasteiger partial charge in [-0.2, -0.15) is 0 Å². The lowest BCUT2D eigenvalue weighted by Gasteiger charge is -2.33. The Kier molecular flexibility index (Phi) is 8.89. The van der Waals surface area contributed by atoms with E-state index >= 15 is 0 Å². The molecule has 2 aromatic carbocycles. The van der Waals surface area contributed by atoms with Gasteiger partial charge in [0.1, 0.15) is 11.8 Å². The van der Waals surface area contributed by atoms with Crippen molar-refractivity contribution < 1.29 is 14.3 Å². The minimum Gasteiger partial charge on any atom is -0.497 e. The van der Waals surface area contributed by atoms with E-state index in [-0.39, 0.29) is 17.7 Å². The van der Waals surface area contributed by atoms with Crippen LogP contribution in [0.5, 0.6) is 5.75 Å². The number of carbonyl (C=O) groups excluding carboxylic acids is 2. The fraction of sp³-hybridized carbons (Fsp3) is 0.481. The summed E-state index contributed by atoms with van der Waals surface area (Å²) in [6.07, 6.45) is 3.88. The molecule has 2 N–H and O–H groups in total. The molecule has 178 valence electrons.